The van der Waals surface area contributed by atoms with Gasteiger partial charge in [-0.3, -0.25) is 9.67 Å². The number of aryl methyl sites for hydroxylation is 2. The van der Waals surface area contributed by atoms with Crippen LogP contribution in [0.25, 0.3) is 0 Å². The van der Waals surface area contributed by atoms with Crippen LogP contribution in [0.3, 0.4) is 0 Å². The molecule has 1 heterocycles. The van der Waals surface area contributed by atoms with E-state index in [1.54, 1.807) is 0 Å². The van der Waals surface area contributed by atoms with Crippen molar-refractivity contribution in [3.05, 3.63) is 46.2 Å². The summed E-state index contributed by atoms with van der Waals surface area (Å²) >= 11 is 5.89. The Kier molecular flexibility index (Phi) is 10.7. The zero-order valence-electron chi connectivity index (χ0n) is 17.3. The van der Waals surface area contributed by atoms with E-state index in [1.807, 2.05) is 43.0 Å². The van der Waals surface area contributed by atoms with E-state index >= 15 is 0 Å². The smallest absolute Gasteiger partial charge is 0.193 e. The Morgan fingerprint density at radius 2 is 1.96 bits per heavy atom. The summed E-state index contributed by atoms with van der Waals surface area (Å²) in [4.78, 5) is 6.84. The summed E-state index contributed by atoms with van der Waals surface area (Å²) in [5.41, 5.74) is 3.57. The number of hydrogen-bond donors (Lipinski definition) is 1. The number of hydrogen-bond acceptors (Lipinski definition) is 3. The van der Waals surface area contributed by atoms with E-state index in [0.29, 0.717) is 11.6 Å². The molecule has 6 nitrogen and oxygen atoms in total. The molecule has 0 aliphatic carbocycles. The van der Waals surface area contributed by atoms with E-state index in [0.717, 1.165) is 43.5 Å². The van der Waals surface area contributed by atoms with Crippen molar-refractivity contribution in [3.63, 3.8) is 0 Å². The zero-order valence-corrected chi connectivity index (χ0v) is 20.4. The molecule has 0 aliphatic heterocycles. The lowest BCUT2D eigenvalue weighted by atomic mass is 10.1. The average molecular weight is 520 g/mol. The van der Waals surface area contributed by atoms with Gasteiger partial charge in [0.2, 0.25) is 0 Å². The fraction of sp³-hybridized carbons (Fsp3) is 0.500. The summed E-state index contributed by atoms with van der Waals surface area (Å²) < 4.78 is 7.70. The van der Waals surface area contributed by atoms with Crippen molar-refractivity contribution in [3.8, 4) is 5.75 Å². The van der Waals surface area contributed by atoms with Crippen molar-refractivity contribution in [2.24, 2.45) is 12.0 Å². The quantitative estimate of drug-likeness (QED) is 0.327. The number of aromatic nitrogens is 2. The molecular formula is C20H31ClIN5O. The maximum Gasteiger partial charge on any atom is 0.193 e. The monoisotopic (exact) mass is 519 g/mol. The van der Waals surface area contributed by atoms with Crippen LogP contribution in [0.5, 0.6) is 5.75 Å². The molecule has 0 saturated carbocycles. The molecule has 0 amide bonds. The number of nitrogens with zero attached hydrogens (tertiary/aromatic N) is 4. The highest BCUT2D eigenvalue weighted by atomic mass is 127. The predicted octanol–water partition coefficient (Wildman–Crippen LogP) is 3.83. The summed E-state index contributed by atoms with van der Waals surface area (Å²) in [6.07, 6.45) is 0.884. The summed E-state index contributed by atoms with van der Waals surface area (Å²) in [7, 11) is 4.00. The van der Waals surface area contributed by atoms with E-state index < -0.39 is 0 Å². The normalized spacial score (nSPS) is 11.1. The maximum absolute atomic E-state index is 5.89. The van der Waals surface area contributed by atoms with E-state index in [2.05, 4.69) is 36.1 Å². The molecule has 1 aromatic carbocycles. The molecule has 2 rings (SSSR count). The Morgan fingerprint density at radius 1 is 1.29 bits per heavy atom. The fourth-order valence-corrected chi connectivity index (χ4v) is 2.99. The van der Waals surface area contributed by atoms with E-state index in [9.17, 15) is 0 Å². The van der Waals surface area contributed by atoms with Gasteiger partial charge in [-0.25, -0.2) is 0 Å². The molecule has 0 spiro atoms. The van der Waals surface area contributed by atoms with Gasteiger partial charge in [0.05, 0.1) is 12.2 Å². The van der Waals surface area contributed by atoms with Gasteiger partial charge in [-0.05, 0) is 57.0 Å². The van der Waals surface area contributed by atoms with E-state index in [1.165, 1.54) is 11.3 Å². The van der Waals surface area contributed by atoms with Crippen LogP contribution in [0.4, 0.5) is 0 Å². The van der Waals surface area contributed by atoms with Gasteiger partial charge >= 0.3 is 0 Å². The van der Waals surface area contributed by atoms with Crippen LogP contribution in [0.15, 0.2) is 29.3 Å². The van der Waals surface area contributed by atoms with Crippen LogP contribution < -0.4 is 10.1 Å². The number of likely N-dealkylation sites (N-methyl/N-ethyl adjacent to an activating group) is 1. The van der Waals surface area contributed by atoms with Crippen molar-refractivity contribution in [1.82, 2.24) is 20.0 Å². The molecule has 1 aromatic heterocycles. The Balaban J connectivity index is 0.00000392. The average Bonchev–Trinajstić information content (AvgIpc) is 2.88. The maximum atomic E-state index is 5.89. The zero-order chi connectivity index (χ0) is 19.8. The highest BCUT2D eigenvalue weighted by molar-refractivity contribution is 14.0. The number of aliphatic imine (C=N–C) groups is 1. The first-order chi connectivity index (χ1) is 12.9. The van der Waals surface area contributed by atoms with Crippen LogP contribution in [0.2, 0.25) is 5.02 Å². The second-order valence-electron chi connectivity index (χ2n) is 6.48. The molecule has 8 heteroatoms. The van der Waals surface area contributed by atoms with Crippen molar-refractivity contribution in [2.75, 3.05) is 33.3 Å². The summed E-state index contributed by atoms with van der Waals surface area (Å²) in [5, 5.41) is 8.52. The van der Waals surface area contributed by atoms with Gasteiger partial charge in [-0.1, -0.05) is 11.6 Å². The molecule has 0 saturated heterocycles. The third-order valence-electron chi connectivity index (χ3n) is 4.49. The highest BCUT2D eigenvalue weighted by Crippen LogP contribution is 2.15. The first-order valence-electron chi connectivity index (χ1n) is 9.29. The minimum atomic E-state index is 0. The number of rotatable bonds is 8. The van der Waals surface area contributed by atoms with Gasteiger partial charge in [0.25, 0.3) is 0 Å². The Morgan fingerprint density at radius 3 is 2.54 bits per heavy atom. The van der Waals surface area contributed by atoms with Gasteiger partial charge in [-0.15, -0.1) is 24.0 Å². The lowest BCUT2D eigenvalue weighted by Gasteiger charge is -2.22. The molecule has 0 unspecified atom stereocenters. The second-order valence-corrected chi connectivity index (χ2v) is 6.92. The van der Waals surface area contributed by atoms with Crippen molar-refractivity contribution < 1.29 is 4.74 Å². The Bertz CT molecular complexity index is 761. The molecule has 0 bridgehead atoms. The van der Waals surface area contributed by atoms with Gasteiger partial charge in [0, 0.05) is 37.9 Å². The van der Waals surface area contributed by atoms with Crippen molar-refractivity contribution >= 4 is 41.5 Å². The second kappa shape index (κ2) is 12.2. The first kappa shape index (κ1) is 24.6. The number of halogens is 2. The topological polar surface area (TPSA) is 54.7 Å². The van der Waals surface area contributed by atoms with Crippen LogP contribution in [-0.4, -0.2) is 53.9 Å². The molecule has 28 heavy (non-hydrogen) atoms. The molecule has 0 fully saturated rings. The summed E-state index contributed by atoms with van der Waals surface area (Å²) in [6.45, 7) is 9.08. The fourth-order valence-electron chi connectivity index (χ4n) is 2.86. The number of guanidine groups is 1. The number of ether oxygens (including phenoxy) is 1. The largest absolute Gasteiger partial charge is 0.492 e. The number of benzene rings is 1. The molecule has 2 aromatic rings. The molecule has 0 aliphatic rings. The molecule has 0 radical (unpaired) electrons. The Labute approximate surface area is 190 Å². The van der Waals surface area contributed by atoms with Gasteiger partial charge in [0.15, 0.2) is 5.96 Å². The number of nitrogens with one attached hydrogen (secondary N) is 1. The third kappa shape index (κ3) is 7.16. The van der Waals surface area contributed by atoms with Gasteiger partial charge in [0.1, 0.15) is 12.4 Å². The van der Waals surface area contributed by atoms with E-state index in [4.69, 9.17) is 21.3 Å². The van der Waals surface area contributed by atoms with E-state index in [-0.39, 0.29) is 24.0 Å². The highest BCUT2D eigenvalue weighted by Gasteiger charge is 2.10. The van der Waals surface area contributed by atoms with Gasteiger partial charge in [-0.2, -0.15) is 5.10 Å². The molecular weight excluding hydrogens is 489 g/mol. The molecule has 156 valence electrons. The van der Waals surface area contributed by atoms with Crippen molar-refractivity contribution in [2.45, 2.75) is 27.2 Å². The van der Waals surface area contributed by atoms with Crippen LogP contribution in [0.1, 0.15) is 23.9 Å². The molecule has 0 atom stereocenters. The predicted molar refractivity (Wildman–Crippen MR) is 127 cm³/mol. The van der Waals surface area contributed by atoms with Crippen molar-refractivity contribution in [1.29, 1.82) is 0 Å². The summed E-state index contributed by atoms with van der Waals surface area (Å²) in [6, 6.07) is 7.41. The minimum Gasteiger partial charge on any atom is -0.492 e. The minimum absolute atomic E-state index is 0. The lowest BCUT2D eigenvalue weighted by molar-refractivity contribution is 0.281. The first-order valence-corrected chi connectivity index (χ1v) is 9.67. The molecule has 1 N–H and O–H groups in total. The van der Waals surface area contributed by atoms with Crippen LogP contribution >= 0.6 is 35.6 Å². The van der Waals surface area contributed by atoms with Crippen LogP contribution in [-0.2, 0) is 13.5 Å². The summed E-state index contributed by atoms with van der Waals surface area (Å²) in [5.74, 6) is 1.70. The Hall–Kier alpha value is -1.48. The lowest BCUT2D eigenvalue weighted by Crippen LogP contribution is -2.41. The van der Waals surface area contributed by atoms with Gasteiger partial charge < -0.3 is 15.0 Å². The SMILES string of the molecule is CCNC(=NCCc1c(C)nn(C)c1C)N(C)CCOc1ccc(Cl)cc1.I. The standard InChI is InChI=1S/C20H30ClN5O.HI/c1-6-22-20(23-12-11-19-15(2)24-26(5)16(19)3)25(4)13-14-27-18-9-7-17(21)8-10-18;/h7-10H,6,11-14H2,1-5H3,(H,22,23);1H. The third-order valence-corrected chi connectivity index (χ3v) is 4.74. The van der Waals surface area contributed by atoms with Crippen LogP contribution in [0, 0.1) is 13.8 Å².